The molecule has 0 spiro atoms. The minimum absolute atomic E-state index is 0.0931. The van der Waals surface area contributed by atoms with Gasteiger partial charge in [-0.05, 0) is 0 Å². The number of halogens is 12. The third-order valence-corrected chi connectivity index (χ3v) is 53.4. The van der Waals surface area contributed by atoms with Crippen LogP contribution in [-0.4, -0.2) is 6.22 Å². The van der Waals surface area contributed by atoms with E-state index in [4.69, 9.17) is 0 Å². The Hall–Kier alpha value is -3.39. The van der Waals surface area contributed by atoms with Crippen LogP contribution in [0.15, 0.2) is 84.9 Å². The van der Waals surface area contributed by atoms with Crippen LogP contribution in [-0.2, 0) is 41.8 Å². The summed E-state index contributed by atoms with van der Waals surface area (Å²) in [6.07, 6.45) is -12.0. The Labute approximate surface area is 299 Å². The predicted molar refractivity (Wildman–Crippen MR) is 181 cm³/mol. The van der Waals surface area contributed by atoms with Crippen molar-refractivity contribution < 1.29 is 69.8 Å². The molecule has 0 radical (unpaired) electrons. The van der Waals surface area contributed by atoms with Crippen molar-refractivity contribution in [1.29, 1.82) is 0 Å². The van der Waals surface area contributed by atoms with E-state index in [0.29, 0.717) is 11.1 Å². The van der Waals surface area contributed by atoms with Gasteiger partial charge in [-0.3, -0.25) is 0 Å². The van der Waals surface area contributed by atoms with Gasteiger partial charge >= 0.3 is 301 Å². The monoisotopic (exact) mass is 936 g/mol. The number of allylic oxidation sites excluding steroid dienone is 2. The fourth-order valence-corrected chi connectivity index (χ4v) is 48.2. The number of rotatable bonds is 6. The summed E-state index contributed by atoms with van der Waals surface area (Å²) in [5, 5.41) is 0. The molecule has 0 nitrogen and oxygen atoms in total. The Kier molecular flexibility index (Phi) is 9.74. The first-order valence-electron chi connectivity index (χ1n) is 16.7. The second-order valence-corrected chi connectivity index (χ2v) is 59.0. The molecule has 2 aliphatic rings. The van der Waals surface area contributed by atoms with Crippen molar-refractivity contribution in [1.82, 2.24) is 0 Å². The third kappa shape index (κ3) is 7.26. The van der Waals surface area contributed by atoms with Crippen molar-refractivity contribution in [2.24, 2.45) is 0 Å². The Morgan fingerprint density at radius 1 is 0.528 bits per heavy atom. The number of hydrogen-bond donors (Lipinski definition) is 0. The molecule has 0 saturated heterocycles. The molecule has 2 unspecified atom stereocenters. The van der Waals surface area contributed by atoms with Crippen molar-refractivity contribution in [2.75, 3.05) is 0 Å². The molecular weight excluding hydrogens is 903 g/mol. The predicted octanol–water partition coefficient (Wildman–Crippen LogP) is 13.9. The molecule has 0 heterocycles. The summed E-state index contributed by atoms with van der Waals surface area (Å²) < 4.78 is 170. The summed E-state index contributed by atoms with van der Waals surface area (Å²) >= 11 is -4.53. The van der Waals surface area contributed by atoms with E-state index in [0.717, 1.165) is 47.9 Å². The van der Waals surface area contributed by atoms with Crippen molar-refractivity contribution >= 4 is 18.4 Å². The quantitative estimate of drug-likeness (QED) is 0.133. The summed E-state index contributed by atoms with van der Waals surface area (Å²) in [5.41, 5.74) is -3.10. The van der Waals surface area contributed by atoms with Gasteiger partial charge in [-0.1, -0.05) is 0 Å². The normalized spacial score (nSPS) is 17.7. The molecule has 0 bridgehead atoms. The van der Waals surface area contributed by atoms with Crippen LogP contribution < -0.4 is 0 Å². The zero-order valence-corrected chi connectivity index (χ0v) is 33.2. The van der Waals surface area contributed by atoms with E-state index in [1.54, 1.807) is 24.3 Å². The maximum atomic E-state index is 13.8. The van der Waals surface area contributed by atoms with Gasteiger partial charge in [0, 0.05) is 0 Å². The molecule has 0 saturated carbocycles. The van der Waals surface area contributed by atoms with Gasteiger partial charge in [-0.2, -0.15) is 0 Å². The molecular formula is C39H32F12HfSi. The Bertz CT molecular complexity index is 2020. The van der Waals surface area contributed by atoms with E-state index in [9.17, 15) is 52.7 Å². The first-order chi connectivity index (χ1) is 24.4. The Morgan fingerprint density at radius 2 is 0.868 bits per heavy atom. The third-order valence-electron chi connectivity index (χ3n) is 10.7. The molecule has 2 aliphatic carbocycles. The molecule has 6 rings (SSSR count). The van der Waals surface area contributed by atoms with E-state index in [2.05, 4.69) is 9.36 Å². The molecule has 0 N–H and O–H groups in total. The van der Waals surface area contributed by atoms with Crippen LogP contribution in [0.2, 0.25) is 15.4 Å². The second kappa shape index (κ2) is 13.1. The van der Waals surface area contributed by atoms with Crippen molar-refractivity contribution in [3.8, 4) is 22.3 Å². The average molecular weight is 935 g/mol. The van der Waals surface area contributed by atoms with Crippen molar-refractivity contribution in [3.63, 3.8) is 0 Å². The molecule has 4 aromatic rings. The fraction of sp³-hybridized carbons (Fsp3) is 0.282. The van der Waals surface area contributed by atoms with Gasteiger partial charge in [0.15, 0.2) is 0 Å². The standard InChI is InChI=1S/2C17H9F6.C3H8Si.2CH3.Hf/c2*18-16(19,20)12-7-11(8-13(9-12)17(21,22)23)15-6-2-4-10-3-1-5-14(10)15;1-2-3-4;;;/h2*1-9H;4H,2-3H2,1H3;2*1H3;. The molecule has 0 aromatic heterocycles. The maximum absolute atomic E-state index is 13.8. The number of fused-ring (bicyclic) bond motifs is 2. The van der Waals surface area contributed by atoms with E-state index in [1.165, 1.54) is 12.1 Å². The van der Waals surface area contributed by atoms with Gasteiger partial charge in [-0.25, -0.2) is 0 Å². The topological polar surface area (TPSA) is 0 Å². The van der Waals surface area contributed by atoms with Crippen molar-refractivity contribution in [2.45, 2.75) is 60.8 Å². The molecule has 0 aliphatic heterocycles. The van der Waals surface area contributed by atoms with Crippen LogP contribution in [0.25, 0.3) is 34.4 Å². The molecule has 14 heteroatoms. The van der Waals surface area contributed by atoms with Gasteiger partial charge in [0.25, 0.3) is 0 Å². The molecule has 4 aromatic carbocycles. The van der Waals surface area contributed by atoms with Gasteiger partial charge in [0.1, 0.15) is 0 Å². The number of benzene rings is 4. The van der Waals surface area contributed by atoms with Crippen LogP contribution in [0.5, 0.6) is 0 Å². The SMILES string of the molecule is CCC[SiH]=[Hf]([CH3])([CH3])([CH]1C=Cc2c(-c3cc(C(F)(F)F)cc(C(F)(F)F)c3)cccc21)[CH]1C=Cc2c(-c3cc(C(F)(F)F)cc(C(F)(F)F)c3)cccc21. The molecule has 2 atom stereocenters. The van der Waals surface area contributed by atoms with E-state index in [1.807, 2.05) is 31.2 Å². The van der Waals surface area contributed by atoms with Gasteiger partial charge in [-0.15, -0.1) is 0 Å². The molecule has 53 heavy (non-hydrogen) atoms. The molecule has 280 valence electrons. The summed E-state index contributed by atoms with van der Waals surface area (Å²) in [6.45, 7) is 2.04. The average Bonchev–Trinajstić information content (AvgIpc) is 3.72. The first-order valence-corrected chi connectivity index (χ1v) is 35.6. The van der Waals surface area contributed by atoms with Crippen LogP contribution in [0.3, 0.4) is 0 Å². The van der Waals surface area contributed by atoms with E-state index >= 15 is 0 Å². The number of alkyl halides is 12. The Morgan fingerprint density at radius 3 is 1.17 bits per heavy atom. The summed E-state index contributed by atoms with van der Waals surface area (Å²) in [7, 11) is 0. The van der Waals surface area contributed by atoms with Gasteiger partial charge < -0.3 is 0 Å². The van der Waals surface area contributed by atoms with Gasteiger partial charge in [0.05, 0.1) is 0 Å². The fourth-order valence-electron chi connectivity index (χ4n) is 8.03. The molecule has 0 fully saturated rings. The summed E-state index contributed by atoms with van der Waals surface area (Å²) in [6, 6.07) is 13.9. The van der Waals surface area contributed by atoms with Crippen LogP contribution in [0.4, 0.5) is 52.7 Å². The van der Waals surface area contributed by atoms with Crippen LogP contribution >= 0.6 is 0 Å². The zero-order chi connectivity index (χ0) is 39.0. The second-order valence-electron chi connectivity index (χ2n) is 14.6. The van der Waals surface area contributed by atoms with E-state index in [-0.39, 0.29) is 48.0 Å². The summed E-state index contributed by atoms with van der Waals surface area (Å²) in [4.78, 5) is 0. The summed E-state index contributed by atoms with van der Waals surface area (Å²) in [5.74, 6) is 0. The van der Waals surface area contributed by atoms with Crippen LogP contribution in [0.1, 0.15) is 65.2 Å². The first kappa shape index (κ1) is 39.3. The van der Waals surface area contributed by atoms with Crippen LogP contribution in [0, 0.1) is 0 Å². The Balaban J connectivity index is 1.51. The molecule has 0 amide bonds. The number of hydrogen-bond acceptors (Lipinski definition) is 0. The van der Waals surface area contributed by atoms with Crippen molar-refractivity contribution in [3.05, 3.63) is 129 Å². The van der Waals surface area contributed by atoms with Gasteiger partial charge in [0.2, 0.25) is 0 Å². The zero-order valence-electron chi connectivity index (χ0n) is 28.4. The minimum atomic E-state index is -5.03. The van der Waals surface area contributed by atoms with E-state index < -0.39 is 64.1 Å².